The monoisotopic (exact) mass is 323 g/mol. The largest absolute Gasteiger partial charge is 0.355 e. The maximum atomic E-state index is 5.39. The van der Waals surface area contributed by atoms with E-state index in [0.717, 1.165) is 54.4 Å². The summed E-state index contributed by atoms with van der Waals surface area (Å²) in [4.78, 5) is 15.8. The maximum absolute atomic E-state index is 5.39. The van der Waals surface area contributed by atoms with Gasteiger partial charge >= 0.3 is 0 Å². The minimum Gasteiger partial charge on any atom is -0.355 e. The predicted molar refractivity (Wildman–Crippen MR) is 92.1 cm³/mol. The Morgan fingerprint density at radius 1 is 1.21 bits per heavy atom. The summed E-state index contributed by atoms with van der Waals surface area (Å²) in [6.45, 7) is 5.99. The predicted octanol–water partition coefficient (Wildman–Crippen LogP) is 3.52. The zero-order chi connectivity index (χ0) is 16.5. The van der Waals surface area contributed by atoms with E-state index in [1.165, 1.54) is 0 Å². The van der Waals surface area contributed by atoms with E-state index < -0.39 is 0 Å². The first-order valence-corrected chi connectivity index (χ1v) is 8.50. The summed E-state index contributed by atoms with van der Waals surface area (Å²) in [7, 11) is 0. The molecule has 1 saturated heterocycles. The van der Waals surface area contributed by atoms with Gasteiger partial charge < -0.3 is 9.42 Å². The number of aromatic nitrogens is 4. The Balaban J connectivity index is 1.62. The molecule has 1 unspecified atom stereocenters. The average molecular weight is 323 g/mol. The van der Waals surface area contributed by atoms with Gasteiger partial charge in [0.2, 0.25) is 5.89 Å². The van der Waals surface area contributed by atoms with Gasteiger partial charge in [0.05, 0.1) is 5.52 Å². The summed E-state index contributed by atoms with van der Waals surface area (Å²) in [5, 5.41) is 5.30. The Hall–Kier alpha value is -2.50. The Morgan fingerprint density at radius 2 is 2.08 bits per heavy atom. The Bertz CT molecular complexity index is 839. The summed E-state index contributed by atoms with van der Waals surface area (Å²) in [6, 6.07) is 8.14. The van der Waals surface area contributed by atoms with Crippen LogP contribution in [0, 0.1) is 0 Å². The van der Waals surface area contributed by atoms with E-state index in [1.807, 2.05) is 18.2 Å². The fraction of sp³-hybridized carbons (Fsp3) is 0.444. The molecule has 2 aromatic heterocycles. The van der Waals surface area contributed by atoms with Crippen LogP contribution in [0.3, 0.4) is 0 Å². The SMILES string of the molecule is CC(C)c1nc(C2CCCN(c3ncnc4ccccc34)C2)no1. The number of anilines is 1. The van der Waals surface area contributed by atoms with Crippen LogP contribution in [0.1, 0.15) is 50.2 Å². The molecule has 0 saturated carbocycles. The molecule has 124 valence electrons. The maximum Gasteiger partial charge on any atom is 0.229 e. The number of fused-ring (bicyclic) bond motifs is 1. The van der Waals surface area contributed by atoms with Gasteiger partial charge in [-0.25, -0.2) is 9.97 Å². The zero-order valence-electron chi connectivity index (χ0n) is 14.0. The van der Waals surface area contributed by atoms with Gasteiger partial charge in [-0.3, -0.25) is 0 Å². The van der Waals surface area contributed by atoms with E-state index >= 15 is 0 Å². The quantitative estimate of drug-likeness (QED) is 0.734. The first kappa shape index (κ1) is 15.1. The second kappa shape index (κ2) is 6.19. The molecule has 6 heteroatoms. The highest BCUT2D eigenvalue weighted by Gasteiger charge is 2.27. The van der Waals surface area contributed by atoms with Crippen LogP contribution in [0.4, 0.5) is 5.82 Å². The highest BCUT2D eigenvalue weighted by molar-refractivity contribution is 5.89. The van der Waals surface area contributed by atoms with Crippen molar-refractivity contribution in [1.29, 1.82) is 0 Å². The summed E-state index contributed by atoms with van der Waals surface area (Å²) in [5.74, 6) is 3.08. The van der Waals surface area contributed by atoms with Gasteiger partial charge in [-0.2, -0.15) is 4.98 Å². The third-order valence-corrected chi connectivity index (χ3v) is 4.56. The lowest BCUT2D eigenvalue weighted by molar-refractivity contribution is 0.354. The second-order valence-electron chi connectivity index (χ2n) is 6.65. The van der Waals surface area contributed by atoms with Crippen molar-refractivity contribution in [3.05, 3.63) is 42.3 Å². The normalized spacial score (nSPS) is 18.5. The molecule has 4 rings (SSSR count). The average Bonchev–Trinajstić information content (AvgIpc) is 3.12. The molecule has 0 N–H and O–H groups in total. The Labute approximate surface area is 140 Å². The molecule has 3 aromatic rings. The van der Waals surface area contributed by atoms with Crippen molar-refractivity contribution in [2.24, 2.45) is 0 Å². The third-order valence-electron chi connectivity index (χ3n) is 4.56. The van der Waals surface area contributed by atoms with Crippen molar-refractivity contribution >= 4 is 16.7 Å². The van der Waals surface area contributed by atoms with Crippen molar-refractivity contribution in [1.82, 2.24) is 20.1 Å². The van der Waals surface area contributed by atoms with E-state index in [2.05, 4.69) is 44.9 Å². The Morgan fingerprint density at radius 3 is 2.92 bits per heavy atom. The van der Waals surface area contributed by atoms with Crippen molar-refractivity contribution in [2.45, 2.75) is 38.5 Å². The van der Waals surface area contributed by atoms with Gasteiger partial charge in [0.15, 0.2) is 5.82 Å². The molecule has 0 spiro atoms. The highest BCUT2D eigenvalue weighted by atomic mass is 16.5. The van der Waals surface area contributed by atoms with Crippen LogP contribution >= 0.6 is 0 Å². The first-order chi connectivity index (χ1) is 11.7. The lowest BCUT2D eigenvalue weighted by Crippen LogP contribution is -2.35. The fourth-order valence-corrected chi connectivity index (χ4v) is 3.27. The fourth-order valence-electron chi connectivity index (χ4n) is 3.27. The van der Waals surface area contributed by atoms with Crippen LogP contribution < -0.4 is 4.90 Å². The van der Waals surface area contributed by atoms with Crippen molar-refractivity contribution < 1.29 is 4.52 Å². The van der Waals surface area contributed by atoms with Crippen LogP contribution in [-0.2, 0) is 0 Å². The van der Waals surface area contributed by atoms with Crippen LogP contribution in [0.15, 0.2) is 35.1 Å². The number of rotatable bonds is 3. The lowest BCUT2D eigenvalue weighted by atomic mass is 9.97. The lowest BCUT2D eigenvalue weighted by Gasteiger charge is -2.32. The number of piperidine rings is 1. The van der Waals surface area contributed by atoms with Crippen LogP contribution in [-0.4, -0.2) is 33.2 Å². The van der Waals surface area contributed by atoms with Gasteiger partial charge in [-0.15, -0.1) is 0 Å². The van der Waals surface area contributed by atoms with Gasteiger partial charge in [0, 0.05) is 30.3 Å². The van der Waals surface area contributed by atoms with Crippen molar-refractivity contribution in [3.8, 4) is 0 Å². The minimum absolute atomic E-state index is 0.261. The molecular weight excluding hydrogens is 302 g/mol. The van der Waals surface area contributed by atoms with Gasteiger partial charge in [0.25, 0.3) is 0 Å². The molecule has 0 bridgehead atoms. The van der Waals surface area contributed by atoms with E-state index in [9.17, 15) is 0 Å². The standard InChI is InChI=1S/C18H21N5O/c1-12(2)18-21-16(22-24-18)13-6-5-9-23(10-13)17-14-7-3-4-8-15(14)19-11-20-17/h3-4,7-8,11-13H,5-6,9-10H2,1-2H3. The molecule has 0 radical (unpaired) electrons. The number of hydrogen-bond donors (Lipinski definition) is 0. The van der Waals surface area contributed by atoms with Gasteiger partial charge in [-0.1, -0.05) is 31.1 Å². The van der Waals surface area contributed by atoms with Crippen molar-refractivity contribution in [3.63, 3.8) is 0 Å². The molecular formula is C18H21N5O. The number of benzene rings is 1. The minimum atomic E-state index is 0.261. The Kier molecular flexibility index (Phi) is 3.88. The van der Waals surface area contributed by atoms with E-state index in [4.69, 9.17) is 4.52 Å². The molecule has 1 fully saturated rings. The van der Waals surface area contributed by atoms with Crippen molar-refractivity contribution in [2.75, 3.05) is 18.0 Å². The highest BCUT2D eigenvalue weighted by Crippen LogP contribution is 2.31. The van der Waals surface area contributed by atoms with E-state index in [1.54, 1.807) is 6.33 Å². The number of para-hydroxylation sites is 1. The molecule has 0 amide bonds. The van der Waals surface area contributed by atoms with Gasteiger partial charge in [0.1, 0.15) is 12.1 Å². The first-order valence-electron chi connectivity index (χ1n) is 8.50. The zero-order valence-corrected chi connectivity index (χ0v) is 14.0. The van der Waals surface area contributed by atoms with E-state index in [0.29, 0.717) is 0 Å². The van der Waals surface area contributed by atoms with Crippen LogP contribution in [0.2, 0.25) is 0 Å². The molecule has 1 aromatic carbocycles. The molecule has 24 heavy (non-hydrogen) atoms. The summed E-state index contributed by atoms with van der Waals surface area (Å²) < 4.78 is 5.39. The summed E-state index contributed by atoms with van der Waals surface area (Å²) >= 11 is 0. The molecule has 1 aliphatic heterocycles. The third kappa shape index (κ3) is 2.72. The van der Waals surface area contributed by atoms with Gasteiger partial charge in [-0.05, 0) is 25.0 Å². The molecule has 1 aliphatic rings. The number of hydrogen-bond acceptors (Lipinski definition) is 6. The summed E-state index contributed by atoms with van der Waals surface area (Å²) in [6.07, 6.45) is 3.82. The molecule has 6 nitrogen and oxygen atoms in total. The topological polar surface area (TPSA) is 67.9 Å². The molecule has 0 aliphatic carbocycles. The summed E-state index contributed by atoms with van der Waals surface area (Å²) in [5.41, 5.74) is 0.978. The molecule has 3 heterocycles. The van der Waals surface area contributed by atoms with Crippen LogP contribution in [0.25, 0.3) is 10.9 Å². The molecule has 1 atom stereocenters. The van der Waals surface area contributed by atoms with Crippen LogP contribution in [0.5, 0.6) is 0 Å². The second-order valence-corrected chi connectivity index (χ2v) is 6.65. The number of nitrogens with zero attached hydrogens (tertiary/aromatic N) is 5. The van der Waals surface area contributed by atoms with E-state index in [-0.39, 0.29) is 11.8 Å². The smallest absolute Gasteiger partial charge is 0.229 e.